The first-order chi connectivity index (χ1) is 17.6. The molecule has 0 unspecified atom stereocenters. The molecule has 0 saturated heterocycles. The van der Waals surface area contributed by atoms with Gasteiger partial charge in [0.25, 0.3) is 5.91 Å². The van der Waals surface area contributed by atoms with Crippen LogP contribution in [0.25, 0.3) is 0 Å². The molecule has 0 radical (unpaired) electrons. The molecule has 0 saturated carbocycles. The van der Waals surface area contributed by atoms with E-state index in [0.717, 1.165) is 0 Å². The summed E-state index contributed by atoms with van der Waals surface area (Å²) in [6.45, 7) is 2.02. The minimum absolute atomic E-state index is 0.0909. The molecule has 0 fully saturated rings. The number of alkyl halides is 3. The van der Waals surface area contributed by atoms with Gasteiger partial charge < -0.3 is 20.7 Å². The largest absolute Gasteiger partial charge is 0.410 e. The van der Waals surface area contributed by atoms with Crippen molar-refractivity contribution in [3.8, 4) is 0 Å². The van der Waals surface area contributed by atoms with Gasteiger partial charge in [0.15, 0.2) is 11.7 Å². The molecule has 0 spiro atoms. The van der Waals surface area contributed by atoms with Crippen molar-refractivity contribution in [2.24, 2.45) is 0 Å². The van der Waals surface area contributed by atoms with E-state index in [4.69, 9.17) is 16.3 Å². The van der Waals surface area contributed by atoms with E-state index >= 15 is 0 Å². The van der Waals surface area contributed by atoms with Crippen LogP contribution in [0.4, 0.5) is 24.7 Å². The van der Waals surface area contributed by atoms with Crippen LogP contribution in [0.1, 0.15) is 41.5 Å². The number of fused-ring (bicyclic) bond motifs is 1. The number of amides is 2. The number of hydrogen-bond acceptors (Lipinski definition) is 6. The molecule has 1 aliphatic heterocycles. The fourth-order valence-electron chi connectivity index (χ4n) is 4.10. The van der Waals surface area contributed by atoms with E-state index in [-0.39, 0.29) is 47.1 Å². The average Bonchev–Trinajstić information content (AvgIpc) is 3.42. The highest BCUT2D eigenvalue weighted by molar-refractivity contribution is 6.36. The summed E-state index contributed by atoms with van der Waals surface area (Å²) in [4.78, 5) is 25.0. The van der Waals surface area contributed by atoms with Crippen molar-refractivity contribution in [3.63, 3.8) is 0 Å². The first-order valence-electron chi connectivity index (χ1n) is 11.3. The van der Waals surface area contributed by atoms with E-state index in [1.54, 1.807) is 37.3 Å². The number of hydrogen-bond donors (Lipinski definition) is 3. The number of halogens is 4. The molecule has 0 bridgehead atoms. The standard InChI is InChI=1S/C23H25ClF3N7O3/c1-13(12-37-2)29-18(35)11-33-10-15(9-28-33)30-22(36)20-19(24)21-31-16(14-6-4-3-5-7-14)8-17(23(25,26)27)34(21)32-20/h3-7,9-10,13,16-17,31H,8,11-12H2,1-2H3,(H,29,35)(H,30,36)/t13-,16-,17-/m1/s1. The van der Waals surface area contributed by atoms with Gasteiger partial charge >= 0.3 is 6.18 Å². The van der Waals surface area contributed by atoms with Gasteiger partial charge in [0, 0.05) is 25.8 Å². The maximum absolute atomic E-state index is 13.9. The maximum atomic E-state index is 13.9. The third-order valence-electron chi connectivity index (χ3n) is 5.73. The van der Waals surface area contributed by atoms with Crippen LogP contribution in [0.15, 0.2) is 42.7 Å². The summed E-state index contributed by atoms with van der Waals surface area (Å²) < 4.78 is 48.8. The van der Waals surface area contributed by atoms with E-state index in [1.807, 2.05) is 0 Å². The molecule has 14 heteroatoms. The number of ether oxygens (including phenoxy) is 1. The van der Waals surface area contributed by atoms with Crippen molar-refractivity contribution in [2.75, 3.05) is 24.4 Å². The summed E-state index contributed by atoms with van der Waals surface area (Å²) >= 11 is 6.36. The van der Waals surface area contributed by atoms with E-state index in [9.17, 15) is 22.8 Å². The minimum Gasteiger partial charge on any atom is -0.383 e. The Morgan fingerprint density at radius 1 is 1.30 bits per heavy atom. The molecule has 3 N–H and O–H groups in total. The van der Waals surface area contributed by atoms with Gasteiger partial charge in [-0.05, 0) is 12.5 Å². The Labute approximate surface area is 215 Å². The summed E-state index contributed by atoms with van der Waals surface area (Å²) in [6, 6.07) is 5.81. The van der Waals surface area contributed by atoms with Crippen LogP contribution in [0.5, 0.6) is 0 Å². The number of rotatable bonds is 8. The maximum Gasteiger partial charge on any atom is 0.410 e. The topological polar surface area (TPSA) is 115 Å². The highest BCUT2D eigenvalue weighted by Crippen LogP contribution is 2.46. The summed E-state index contributed by atoms with van der Waals surface area (Å²) in [5.74, 6) is -1.22. The number of carbonyl (C=O) groups excluding carboxylic acids is 2. The van der Waals surface area contributed by atoms with Crippen molar-refractivity contribution in [3.05, 3.63) is 59.0 Å². The lowest BCUT2D eigenvalue weighted by Gasteiger charge is -2.33. The van der Waals surface area contributed by atoms with Crippen molar-refractivity contribution in [2.45, 2.75) is 44.2 Å². The predicted octanol–water partition coefficient (Wildman–Crippen LogP) is 3.80. The van der Waals surface area contributed by atoms with E-state index in [2.05, 4.69) is 26.1 Å². The first kappa shape index (κ1) is 26.5. The molecule has 3 heterocycles. The van der Waals surface area contributed by atoms with Gasteiger partial charge in [0.1, 0.15) is 17.4 Å². The highest BCUT2D eigenvalue weighted by atomic mass is 35.5. The fourth-order valence-corrected chi connectivity index (χ4v) is 4.37. The highest BCUT2D eigenvalue weighted by Gasteiger charge is 2.47. The van der Waals surface area contributed by atoms with E-state index in [1.165, 1.54) is 24.2 Å². The number of methoxy groups -OCH3 is 1. The van der Waals surface area contributed by atoms with Crippen LogP contribution >= 0.6 is 11.6 Å². The van der Waals surface area contributed by atoms with E-state index in [0.29, 0.717) is 16.9 Å². The number of benzene rings is 1. The summed E-state index contributed by atoms with van der Waals surface area (Å²) in [5.41, 5.74) is 0.498. The van der Waals surface area contributed by atoms with Gasteiger partial charge in [0.2, 0.25) is 5.91 Å². The smallest absolute Gasteiger partial charge is 0.383 e. The monoisotopic (exact) mass is 539 g/mol. The van der Waals surface area contributed by atoms with Crippen LogP contribution in [0.3, 0.4) is 0 Å². The molecule has 10 nitrogen and oxygen atoms in total. The Kier molecular flexibility index (Phi) is 7.73. The lowest BCUT2D eigenvalue weighted by Crippen LogP contribution is -2.37. The molecule has 3 aromatic rings. The van der Waals surface area contributed by atoms with Crippen molar-refractivity contribution in [1.82, 2.24) is 24.9 Å². The second kappa shape index (κ2) is 10.8. The lowest BCUT2D eigenvalue weighted by molar-refractivity contribution is -0.173. The number of nitrogens with one attached hydrogen (secondary N) is 3. The predicted molar refractivity (Wildman–Crippen MR) is 129 cm³/mol. The Balaban J connectivity index is 1.51. The Hall–Kier alpha value is -3.58. The zero-order valence-corrected chi connectivity index (χ0v) is 20.7. The van der Waals surface area contributed by atoms with Crippen molar-refractivity contribution < 1.29 is 27.5 Å². The number of carbonyl (C=O) groups is 2. The van der Waals surface area contributed by atoms with Crippen LogP contribution in [-0.4, -0.2) is 57.3 Å². The second-order valence-electron chi connectivity index (χ2n) is 8.66. The Morgan fingerprint density at radius 3 is 2.70 bits per heavy atom. The molecule has 4 rings (SSSR count). The molecular formula is C23H25ClF3N7O3. The van der Waals surface area contributed by atoms with Gasteiger partial charge in [-0.1, -0.05) is 41.9 Å². The SMILES string of the molecule is COC[C@@H](C)NC(=O)Cn1cc(NC(=O)c2nn3c(c2Cl)N[C@@H](c2ccccc2)C[C@@H]3C(F)(F)F)cn1. The normalized spacial score (nSPS) is 18.0. The Morgan fingerprint density at radius 2 is 2.03 bits per heavy atom. The third-order valence-corrected chi connectivity index (χ3v) is 6.09. The quantitative estimate of drug-likeness (QED) is 0.401. The average molecular weight is 540 g/mol. The first-order valence-corrected chi connectivity index (χ1v) is 11.7. The number of anilines is 2. The number of aromatic nitrogens is 4. The second-order valence-corrected chi connectivity index (χ2v) is 9.04. The summed E-state index contributed by atoms with van der Waals surface area (Å²) in [5, 5.41) is 15.9. The molecule has 0 aliphatic carbocycles. The molecule has 1 aromatic carbocycles. The summed E-state index contributed by atoms with van der Waals surface area (Å²) in [6.07, 6.45) is -2.23. The summed E-state index contributed by atoms with van der Waals surface area (Å²) in [7, 11) is 1.52. The zero-order chi connectivity index (χ0) is 26.7. The molecule has 2 amide bonds. The molecular weight excluding hydrogens is 515 g/mol. The molecule has 1 aliphatic rings. The third kappa shape index (κ3) is 6.05. The lowest BCUT2D eigenvalue weighted by atomic mass is 9.97. The van der Waals surface area contributed by atoms with E-state index < -0.39 is 24.2 Å². The molecule has 3 atom stereocenters. The van der Waals surface area contributed by atoms with Crippen LogP contribution in [0, 0.1) is 0 Å². The van der Waals surface area contributed by atoms with Crippen LogP contribution < -0.4 is 16.0 Å². The Bertz CT molecular complexity index is 1260. The molecule has 37 heavy (non-hydrogen) atoms. The van der Waals surface area contributed by atoms with Gasteiger partial charge in [-0.3, -0.25) is 14.3 Å². The fraction of sp³-hybridized carbons (Fsp3) is 0.391. The van der Waals surface area contributed by atoms with Gasteiger partial charge in [0.05, 0.1) is 24.5 Å². The minimum atomic E-state index is -4.62. The zero-order valence-electron chi connectivity index (χ0n) is 19.9. The van der Waals surface area contributed by atoms with Crippen molar-refractivity contribution >= 4 is 34.9 Å². The number of nitrogens with zero attached hydrogens (tertiary/aromatic N) is 4. The van der Waals surface area contributed by atoms with Crippen molar-refractivity contribution in [1.29, 1.82) is 0 Å². The van der Waals surface area contributed by atoms with Crippen LogP contribution in [-0.2, 0) is 16.1 Å². The van der Waals surface area contributed by atoms with Crippen LogP contribution in [0.2, 0.25) is 5.02 Å². The molecule has 198 valence electrons. The van der Waals surface area contributed by atoms with Gasteiger partial charge in [-0.25, -0.2) is 4.68 Å². The van der Waals surface area contributed by atoms with Gasteiger partial charge in [-0.15, -0.1) is 0 Å². The molecule has 2 aromatic heterocycles. The van der Waals surface area contributed by atoms with Gasteiger partial charge in [-0.2, -0.15) is 23.4 Å².